The Hall–Kier alpha value is -2.09. The summed E-state index contributed by atoms with van der Waals surface area (Å²) < 4.78 is 27.6. The van der Waals surface area contributed by atoms with Crippen molar-refractivity contribution < 1.29 is 18.5 Å². The van der Waals surface area contributed by atoms with Gasteiger partial charge in [0.1, 0.15) is 11.4 Å². The molecule has 1 amide bonds. The molecule has 0 radical (unpaired) electrons. The smallest absolute Gasteiger partial charge is 0.305 e. The van der Waals surface area contributed by atoms with Crippen LogP contribution in [0.1, 0.15) is 23.2 Å². The van der Waals surface area contributed by atoms with Crippen molar-refractivity contribution in [1.82, 2.24) is 4.90 Å². The van der Waals surface area contributed by atoms with Crippen LogP contribution in [0.4, 0.5) is 14.5 Å². The van der Waals surface area contributed by atoms with E-state index in [0.29, 0.717) is 19.0 Å². The van der Waals surface area contributed by atoms with Crippen LogP contribution in [0, 0.1) is 21.7 Å². The fraction of sp³-hybridized carbons (Fsp3) is 0.417. The van der Waals surface area contributed by atoms with E-state index < -0.39 is 33.7 Å². The van der Waals surface area contributed by atoms with Crippen molar-refractivity contribution in [2.24, 2.45) is 5.73 Å². The molecule has 1 aromatic rings. The summed E-state index contributed by atoms with van der Waals surface area (Å²) in [6.45, 7) is 0.508. The number of halogens is 2. The zero-order valence-electron chi connectivity index (χ0n) is 10.5. The van der Waals surface area contributed by atoms with Crippen molar-refractivity contribution in [2.75, 3.05) is 13.1 Å². The van der Waals surface area contributed by atoms with Crippen molar-refractivity contribution in [3.63, 3.8) is 0 Å². The maximum atomic E-state index is 13.9. The number of piperidine rings is 1. The summed E-state index contributed by atoms with van der Waals surface area (Å²) >= 11 is 0. The zero-order chi connectivity index (χ0) is 14.9. The van der Waals surface area contributed by atoms with Gasteiger partial charge in [-0.15, -0.1) is 0 Å². The van der Waals surface area contributed by atoms with Crippen LogP contribution >= 0.6 is 0 Å². The maximum absolute atomic E-state index is 13.9. The Balaban J connectivity index is 2.38. The Morgan fingerprint density at radius 1 is 1.45 bits per heavy atom. The van der Waals surface area contributed by atoms with Crippen molar-refractivity contribution in [3.05, 3.63) is 39.4 Å². The van der Waals surface area contributed by atoms with E-state index in [0.717, 1.165) is 12.5 Å². The maximum Gasteiger partial charge on any atom is 0.305 e. The van der Waals surface area contributed by atoms with Gasteiger partial charge < -0.3 is 10.6 Å². The highest BCUT2D eigenvalue weighted by molar-refractivity contribution is 5.95. The SMILES string of the molecule is N[C@@H]1CCCN(C(=O)c2c(F)ccc([N+](=O)[O-])c2F)C1. The Bertz CT molecular complexity index is 565. The Morgan fingerprint density at radius 2 is 2.15 bits per heavy atom. The summed E-state index contributed by atoms with van der Waals surface area (Å²) in [5.41, 5.74) is 3.89. The molecule has 2 N–H and O–H groups in total. The van der Waals surface area contributed by atoms with Crippen LogP contribution in [0.2, 0.25) is 0 Å². The first kappa shape index (κ1) is 14.3. The Morgan fingerprint density at radius 3 is 2.75 bits per heavy atom. The molecule has 0 saturated carbocycles. The Labute approximate surface area is 113 Å². The fourth-order valence-electron chi connectivity index (χ4n) is 2.23. The van der Waals surface area contributed by atoms with Crippen LogP contribution in [0.15, 0.2) is 12.1 Å². The molecule has 6 nitrogen and oxygen atoms in total. The van der Waals surface area contributed by atoms with Gasteiger partial charge >= 0.3 is 5.69 Å². The van der Waals surface area contributed by atoms with Crippen molar-refractivity contribution in [3.8, 4) is 0 Å². The summed E-state index contributed by atoms with van der Waals surface area (Å²) in [6, 6.07) is 1.17. The van der Waals surface area contributed by atoms with E-state index in [1.165, 1.54) is 4.90 Å². The summed E-state index contributed by atoms with van der Waals surface area (Å²) in [5.74, 6) is -3.46. The largest absolute Gasteiger partial charge is 0.337 e. The molecule has 1 aliphatic heterocycles. The minimum atomic E-state index is -1.45. The molecule has 0 aliphatic carbocycles. The van der Waals surface area contributed by atoms with Crippen LogP contribution in [-0.4, -0.2) is 34.9 Å². The number of hydrogen-bond acceptors (Lipinski definition) is 4. The second-order valence-electron chi connectivity index (χ2n) is 4.67. The molecule has 1 heterocycles. The lowest BCUT2D eigenvalue weighted by atomic mass is 10.0. The second-order valence-corrected chi connectivity index (χ2v) is 4.67. The second kappa shape index (κ2) is 5.49. The molecule has 1 atom stereocenters. The number of carbonyl (C=O) groups is 1. The molecular weight excluding hydrogens is 272 g/mol. The van der Waals surface area contributed by atoms with Gasteiger partial charge in [0.15, 0.2) is 0 Å². The molecule has 1 saturated heterocycles. The van der Waals surface area contributed by atoms with E-state index in [1.54, 1.807) is 0 Å². The monoisotopic (exact) mass is 285 g/mol. The molecule has 20 heavy (non-hydrogen) atoms. The summed E-state index contributed by atoms with van der Waals surface area (Å²) in [5, 5.41) is 10.6. The molecule has 0 bridgehead atoms. The third-order valence-electron chi connectivity index (χ3n) is 3.23. The van der Waals surface area contributed by atoms with Gasteiger partial charge in [-0.05, 0) is 18.9 Å². The van der Waals surface area contributed by atoms with Gasteiger partial charge in [-0.3, -0.25) is 14.9 Å². The Kier molecular flexibility index (Phi) is 3.93. The van der Waals surface area contributed by atoms with Crippen molar-refractivity contribution in [2.45, 2.75) is 18.9 Å². The van der Waals surface area contributed by atoms with E-state index in [-0.39, 0.29) is 12.6 Å². The molecular formula is C12H13F2N3O3. The lowest BCUT2D eigenvalue weighted by Gasteiger charge is -2.30. The van der Waals surface area contributed by atoms with Crippen LogP contribution in [0.25, 0.3) is 0 Å². The number of amides is 1. The normalized spacial score (nSPS) is 18.9. The van der Waals surface area contributed by atoms with Crippen LogP contribution < -0.4 is 5.73 Å². The van der Waals surface area contributed by atoms with Gasteiger partial charge in [0, 0.05) is 25.2 Å². The molecule has 0 spiro atoms. The lowest BCUT2D eigenvalue weighted by molar-refractivity contribution is -0.387. The highest BCUT2D eigenvalue weighted by atomic mass is 19.1. The third-order valence-corrected chi connectivity index (χ3v) is 3.23. The van der Waals surface area contributed by atoms with Gasteiger partial charge in [0.2, 0.25) is 5.82 Å². The number of nitro groups is 1. The first-order valence-corrected chi connectivity index (χ1v) is 6.09. The number of likely N-dealkylation sites (tertiary alicyclic amines) is 1. The number of carbonyl (C=O) groups excluding carboxylic acids is 1. The number of nitrogens with zero attached hydrogens (tertiary/aromatic N) is 2. The van der Waals surface area contributed by atoms with Gasteiger partial charge in [-0.25, -0.2) is 4.39 Å². The van der Waals surface area contributed by atoms with Gasteiger partial charge in [-0.1, -0.05) is 0 Å². The zero-order valence-corrected chi connectivity index (χ0v) is 10.5. The quantitative estimate of drug-likeness (QED) is 0.657. The van der Waals surface area contributed by atoms with E-state index >= 15 is 0 Å². The standard InChI is InChI=1S/C12H13F2N3O3/c13-8-3-4-9(17(19)20)11(14)10(8)12(18)16-5-1-2-7(15)6-16/h3-4,7H,1-2,5-6,15H2/t7-/m1/s1. The average Bonchev–Trinajstić information content (AvgIpc) is 2.38. The number of nitrogens with two attached hydrogens (primary N) is 1. The average molecular weight is 285 g/mol. The molecule has 1 fully saturated rings. The minimum absolute atomic E-state index is 0.181. The predicted octanol–water partition coefficient (Wildman–Crippen LogP) is 1.44. The highest BCUT2D eigenvalue weighted by Crippen LogP contribution is 2.25. The number of nitro benzene ring substituents is 1. The molecule has 108 valence electrons. The molecule has 2 rings (SSSR count). The molecule has 0 unspecified atom stereocenters. The van der Waals surface area contributed by atoms with E-state index in [4.69, 9.17) is 5.73 Å². The van der Waals surface area contributed by atoms with E-state index in [1.807, 2.05) is 0 Å². The molecule has 1 aliphatic rings. The fourth-order valence-corrected chi connectivity index (χ4v) is 2.23. The van der Waals surface area contributed by atoms with Crippen LogP contribution in [0.3, 0.4) is 0 Å². The minimum Gasteiger partial charge on any atom is -0.337 e. The van der Waals surface area contributed by atoms with Gasteiger partial charge in [0.05, 0.1) is 4.92 Å². The summed E-state index contributed by atoms with van der Waals surface area (Å²) in [6.07, 6.45) is 1.36. The predicted molar refractivity (Wildman–Crippen MR) is 66.1 cm³/mol. The van der Waals surface area contributed by atoms with Gasteiger partial charge in [0.25, 0.3) is 5.91 Å². The number of rotatable bonds is 2. The summed E-state index contributed by atoms with van der Waals surface area (Å²) in [7, 11) is 0. The van der Waals surface area contributed by atoms with Crippen molar-refractivity contribution in [1.29, 1.82) is 0 Å². The van der Waals surface area contributed by atoms with Crippen molar-refractivity contribution >= 4 is 11.6 Å². The molecule has 8 heteroatoms. The topological polar surface area (TPSA) is 89.5 Å². The first-order valence-electron chi connectivity index (χ1n) is 6.09. The number of hydrogen-bond donors (Lipinski definition) is 1. The first-order chi connectivity index (χ1) is 9.41. The van der Waals surface area contributed by atoms with E-state index in [2.05, 4.69) is 0 Å². The number of benzene rings is 1. The summed E-state index contributed by atoms with van der Waals surface area (Å²) in [4.78, 5) is 23.0. The molecule has 1 aromatic carbocycles. The van der Waals surface area contributed by atoms with Gasteiger partial charge in [-0.2, -0.15) is 4.39 Å². The third kappa shape index (κ3) is 2.60. The highest BCUT2D eigenvalue weighted by Gasteiger charge is 2.31. The van der Waals surface area contributed by atoms with Crippen LogP contribution in [-0.2, 0) is 0 Å². The molecule has 0 aromatic heterocycles. The lowest BCUT2D eigenvalue weighted by Crippen LogP contribution is -2.46. The van der Waals surface area contributed by atoms with E-state index in [9.17, 15) is 23.7 Å². The van der Waals surface area contributed by atoms with Crippen LogP contribution in [0.5, 0.6) is 0 Å².